The maximum atomic E-state index is 12.1. The van der Waals surface area contributed by atoms with Gasteiger partial charge in [-0.15, -0.1) is 0 Å². The molecule has 1 aliphatic rings. The Labute approximate surface area is 155 Å². The second-order valence-electron chi connectivity index (χ2n) is 6.04. The summed E-state index contributed by atoms with van der Waals surface area (Å²) in [5, 5.41) is 9.15. The fourth-order valence-electron chi connectivity index (χ4n) is 3.10. The van der Waals surface area contributed by atoms with Crippen LogP contribution >= 0.6 is 11.8 Å². The number of benzene rings is 1. The lowest BCUT2D eigenvalue weighted by Gasteiger charge is -2.24. The monoisotopic (exact) mass is 375 g/mol. The Bertz CT molecular complexity index is 890. The van der Waals surface area contributed by atoms with Crippen LogP contribution in [0.5, 0.6) is 11.5 Å². The predicted molar refractivity (Wildman–Crippen MR) is 102 cm³/mol. The molecule has 26 heavy (non-hydrogen) atoms. The number of carboxylic acids is 1. The third kappa shape index (κ3) is 3.58. The third-order valence-corrected chi connectivity index (χ3v) is 5.09. The number of carbonyl (C=O) groups is 1. The van der Waals surface area contributed by atoms with E-state index >= 15 is 0 Å². The molecule has 0 atom stereocenters. The van der Waals surface area contributed by atoms with Gasteiger partial charge in [0.2, 0.25) is 0 Å². The van der Waals surface area contributed by atoms with E-state index in [1.54, 1.807) is 18.9 Å². The number of hydrogen-bond donors (Lipinski definition) is 1. The van der Waals surface area contributed by atoms with Crippen LogP contribution in [0.3, 0.4) is 0 Å². The van der Waals surface area contributed by atoms with E-state index in [0.29, 0.717) is 30.3 Å². The summed E-state index contributed by atoms with van der Waals surface area (Å²) in [6.07, 6.45) is 5.17. The normalized spacial score (nSPS) is 12.2. The van der Waals surface area contributed by atoms with Crippen molar-refractivity contribution in [3.8, 4) is 22.8 Å². The Morgan fingerprint density at radius 3 is 2.81 bits per heavy atom. The molecule has 7 heteroatoms. The van der Waals surface area contributed by atoms with E-state index in [4.69, 9.17) is 14.6 Å². The molecular weight excluding hydrogens is 354 g/mol. The highest BCUT2D eigenvalue weighted by atomic mass is 32.2. The zero-order valence-electron chi connectivity index (χ0n) is 14.8. The van der Waals surface area contributed by atoms with Crippen molar-refractivity contribution < 1.29 is 19.4 Å². The number of methoxy groups -OCH3 is 1. The lowest BCUT2D eigenvalue weighted by atomic mass is 9.96. The Balaban J connectivity index is 1.99. The van der Waals surface area contributed by atoms with Gasteiger partial charge < -0.3 is 19.1 Å². The molecule has 0 radical (unpaired) electrons. The minimum absolute atomic E-state index is 0.210. The lowest BCUT2D eigenvalue weighted by molar-refractivity contribution is 0.0694. The van der Waals surface area contributed by atoms with Crippen LogP contribution in [-0.2, 0) is 13.0 Å². The van der Waals surface area contributed by atoms with Crippen LogP contribution in [0.1, 0.15) is 22.3 Å². The molecule has 0 saturated carbocycles. The van der Waals surface area contributed by atoms with Crippen molar-refractivity contribution in [3.63, 3.8) is 0 Å². The molecule has 0 spiro atoms. The molecule has 0 saturated heterocycles. The Hall–Kier alpha value is -2.41. The summed E-state index contributed by atoms with van der Waals surface area (Å²) in [7, 11) is 1.58. The topological polar surface area (TPSA) is 77.8 Å². The van der Waals surface area contributed by atoms with Crippen LogP contribution in [0.25, 0.3) is 11.3 Å². The van der Waals surface area contributed by atoms with Crippen LogP contribution in [0, 0.1) is 0 Å². The fraction of sp³-hybridized carbons (Fsp3) is 0.368. The summed E-state index contributed by atoms with van der Waals surface area (Å²) in [6.45, 7) is 1.23. The van der Waals surface area contributed by atoms with Crippen LogP contribution in [0.4, 0.5) is 0 Å². The van der Waals surface area contributed by atoms with Gasteiger partial charge in [0.25, 0.3) is 0 Å². The number of hydrogen-bond acceptors (Lipinski definition) is 5. The lowest BCUT2D eigenvalue weighted by Crippen LogP contribution is -2.22. The first-order valence-electron chi connectivity index (χ1n) is 8.36. The van der Waals surface area contributed by atoms with E-state index < -0.39 is 11.4 Å². The number of pyridine rings is 1. The fourth-order valence-corrected chi connectivity index (χ4v) is 3.50. The number of aromatic carboxylic acids is 1. The zero-order valence-corrected chi connectivity index (χ0v) is 15.6. The SMILES string of the molecule is COc1cc2c(cc1OCCCSC)CCn1cc(C(=O)O)c(=O)cc1-2. The molecule has 3 rings (SSSR count). The molecule has 0 aliphatic carbocycles. The Morgan fingerprint density at radius 1 is 1.31 bits per heavy atom. The molecule has 1 aromatic heterocycles. The standard InChI is InChI=1S/C19H21NO5S/c1-24-17-9-13-12(8-18(17)25-6-3-7-26-2)4-5-20-11-14(19(22)23)16(21)10-15(13)20/h8-11H,3-7H2,1-2H3,(H,22,23). The van der Waals surface area contributed by atoms with Crippen molar-refractivity contribution in [3.05, 3.63) is 45.7 Å². The first-order valence-corrected chi connectivity index (χ1v) is 9.75. The molecular formula is C19H21NO5S. The van der Waals surface area contributed by atoms with E-state index in [-0.39, 0.29) is 5.56 Å². The van der Waals surface area contributed by atoms with Crippen molar-refractivity contribution >= 4 is 17.7 Å². The van der Waals surface area contributed by atoms with Crippen LogP contribution in [0.15, 0.2) is 29.2 Å². The molecule has 0 bridgehead atoms. The summed E-state index contributed by atoms with van der Waals surface area (Å²) in [4.78, 5) is 23.3. The minimum atomic E-state index is -1.21. The average Bonchev–Trinajstić information content (AvgIpc) is 2.63. The number of nitrogens with zero attached hydrogens (tertiary/aromatic N) is 1. The molecule has 138 valence electrons. The first-order chi connectivity index (χ1) is 12.5. The Kier molecular flexibility index (Phi) is 5.56. The van der Waals surface area contributed by atoms with E-state index in [1.165, 1.54) is 12.3 Å². The van der Waals surface area contributed by atoms with Crippen molar-refractivity contribution in [2.45, 2.75) is 19.4 Å². The molecule has 0 amide bonds. The average molecular weight is 375 g/mol. The summed E-state index contributed by atoms with van der Waals surface area (Å²) in [5.74, 6) is 1.14. The van der Waals surface area contributed by atoms with Crippen molar-refractivity contribution in [1.82, 2.24) is 4.57 Å². The molecule has 0 unspecified atom stereocenters. The van der Waals surface area contributed by atoms with Gasteiger partial charge in [-0.2, -0.15) is 11.8 Å². The largest absolute Gasteiger partial charge is 0.493 e. The van der Waals surface area contributed by atoms with Gasteiger partial charge in [-0.25, -0.2) is 4.79 Å². The quantitative estimate of drug-likeness (QED) is 0.750. The van der Waals surface area contributed by atoms with Gasteiger partial charge in [0.1, 0.15) is 5.56 Å². The summed E-state index contributed by atoms with van der Waals surface area (Å²) in [6, 6.07) is 5.22. The van der Waals surface area contributed by atoms with Crippen molar-refractivity contribution in [2.75, 3.05) is 25.7 Å². The van der Waals surface area contributed by atoms with Crippen molar-refractivity contribution in [2.24, 2.45) is 0 Å². The minimum Gasteiger partial charge on any atom is -0.493 e. The molecule has 2 aromatic rings. The first kappa shape index (κ1) is 18.4. The molecule has 6 nitrogen and oxygen atoms in total. The van der Waals surface area contributed by atoms with Crippen LogP contribution < -0.4 is 14.9 Å². The summed E-state index contributed by atoms with van der Waals surface area (Å²) in [5.41, 5.74) is 1.94. The van der Waals surface area contributed by atoms with Gasteiger partial charge in [0, 0.05) is 24.4 Å². The van der Waals surface area contributed by atoms with Gasteiger partial charge in [-0.3, -0.25) is 4.79 Å². The summed E-state index contributed by atoms with van der Waals surface area (Å²) < 4.78 is 13.1. The highest BCUT2D eigenvalue weighted by molar-refractivity contribution is 7.98. The van der Waals surface area contributed by atoms with Gasteiger partial charge in [0.05, 0.1) is 19.4 Å². The van der Waals surface area contributed by atoms with Crippen LogP contribution in [-0.4, -0.2) is 41.4 Å². The van der Waals surface area contributed by atoms with Gasteiger partial charge in [-0.05, 0) is 42.5 Å². The second-order valence-corrected chi connectivity index (χ2v) is 7.03. The van der Waals surface area contributed by atoms with E-state index in [1.807, 2.05) is 16.7 Å². The smallest absolute Gasteiger partial charge is 0.341 e. The van der Waals surface area contributed by atoms with E-state index in [0.717, 1.165) is 29.7 Å². The Morgan fingerprint density at radius 2 is 2.12 bits per heavy atom. The van der Waals surface area contributed by atoms with E-state index in [2.05, 4.69) is 6.26 Å². The molecule has 2 heterocycles. The number of ether oxygens (including phenoxy) is 2. The second kappa shape index (κ2) is 7.86. The van der Waals surface area contributed by atoms with E-state index in [9.17, 15) is 9.59 Å². The maximum Gasteiger partial charge on any atom is 0.341 e. The number of fused-ring (bicyclic) bond motifs is 3. The highest BCUT2D eigenvalue weighted by Crippen LogP contribution is 2.38. The predicted octanol–water partition coefficient (Wildman–Crippen LogP) is 2.91. The molecule has 1 aliphatic heterocycles. The molecule has 1 aromatic carbocycles. The highest BCUT2D eigenvalue weighted by Gasteiger charge is 2.22. The third-order valence-electron chi connectivity index (χ3n) is 4.40. The number of thioether (sulfide) groups is 1. The van der Waals surface area contributed by atoms with Gasteiger partial charge in [-0.1, -0.05) is 0 Å². The molecule has 0 fully saturated rings. The number of aromatic nitrogens is 1. The number of rotatable bonds is 7. The van der Waals surface area contributed by atoms with Crippen molar-refractivity contribution in [1.29, 1.82) is 0 Å². The zero-order chi connectivity index (χ0) is 18.7. The maximum absolute atomic E-state index is 12.1. The molecule has 1 N–H and O–H groups in total. The van der Waals surface area contributed by atoms with Gasteiger partial charge >= 0.3 is 5.97 Å². The number of aryl methyl sites for hydroxylation is 2. The van der Waals surface area contributed by atoms with Crippen LogP contribution in [0.2, 0.25) is 0 Å². The van der Waals surface area contributed by atoms with Gasteiger partial charge in [0.15, 0.2) is 16.9 Å². The number of carboxylic acid groups (broad SMARTS) is 1. The summed E-state index contributed by atoms with van der Waals surface area (Å²) >= 11 is 1.78.